The van der Waals surface area contributed by atoms with Gasteiger partial charge in [0.05, 0.1) is 7.11 Å². The minimum absolute atomic E-state index is 0.0427. The molecule has 0 saturated heterocycles. The predicted molar refractivity (Wildman–Crippen MR) is 108 cm³/mol. The van der Waals surface area contributed by atoms with Crippen LogP contribution in [0.5, 0.6) is 0 Å². The number of nitrogens with one attached hydrogen (secondary N) is 2. The van der Waals surface area contributed by atoms with Crippen LogP contribution in [0.1, 0.15) is 45.6 Å². The fourth-order valence-electron chi connectivity index (χ4n) is 4.10. The second-order valence-electron chi connectivity index (χ2n) is 9.04. The molecule has 2 amide bonds. The van der Waals surface area contributed by atoms with Gasteiger partial charge in [-0.15, -0.1) is 0 Å². The van der Waals surface area contributed by atoms with Crippen LogP contribution in [0, 0.1) is 5.41 Å². The third-order valence-corrected chi connectivity index (χ3v) is 5.14. The standard InChI is InChI=1S/C22H28N2O6/c1-20(2,3)30-19(27)24-22-12-21(13-22,14-22)10-16(17(25)28-4)23-18(26)29-11-15-8-6-5-7-9-15/h5-10H,11-14H2,1-4H3,(H,23,26)(H,24,27)/b16-10+. The zero-order valence-electron chi connectivity index (χ0n) is 17.7. The van der Waals surface area contributed by atoms with E-state index in [4.69, 9.17) is 14.2 Å². The van der Waals surface area contributed by atoms with E-state index < -0.39 is 23.8 Å². The van der Waals surface area contributed by atoms with E-state index in [1.807, 2.05) is 51.1 Å². The minimum atomic E-state index is -0.733. The summed E-state index contributed by atoms with van der Waals surface area (Å²) in [5, 5.41) is 5.40. The summed E-state index contributed by atoms with van der Waals surface area (Å²) in [6.45, 7) is 5.52. The normalized spacial score (nSPS) is 24.6. The zero-order chi connectivity index (χ0) is 22.0. The molecule has 162 valence electrons. The van der Waals surface area contributed by atoms with Crippen molar-refractivity contribution in [1.29, 1.82) is 0 Å². The van der Waals surface area contributed by atoms with Gasteiger partial charge in [-0.25, -0.2) is 14.4 Å². The molecule has 1 aromatic rings. The second-order valence-corrected chi connectivity index (χ2v) is 9.04. The number of alkyl carbamates (subject to hydrolysis) is 2. The van der Waals surface area contributed by atoms with Crippen molar-refractivity contribution in [1.82, 2.24) is 10.6 Å². The Balaban J connectivity index is 1.55. The zero-order valence-corrected chi connectivity index (χ0v) is 17.7. The highest BCUT2D eigenvalue weighted by Crippen LogP contribution is 2.68. The summed E-state index contributed by atoms with van der Waals surface area (Å²) < 4.78 is 15.3. The van der Waals surface area contributed by atoms with Gasteiger partial charge in [-0.05, 0) is 57.1 Å². The van der Waals surface area contributed by atoms with Crippen LogP contribution in [0.15, 0.2) is 42.1 Å². The van der Waals surface area contributed by atoms with Gasteiger partial charge in [0.2, 0.25) is 0 Å². The fourth-order valence-corrected chi connectivity index (χ4v) is 4.10. The van der Waals surface area contributed by atoms with Gasteiger partial charge in [0.1, 0.15) is 17.9 Å². The van der Waals surface area contributed by atoms with Crippen molar-refractivity contribution in [2.24, 2.45) is 5.41 Å². The van der Waals surface area contributed by atoms with E-state index in [-0.39, 0.29) is 23.3 Å². The quantitative estimate of drug-likeness (QED) is 0.418. The first-order chi connectivity index (χ1) is 14.0. The van der Waals surface area contributed by atoms with Crippen molar-refractivity contribution < 1.29 is 28.6 Å². The Morgan fingerprint density at radius 1 is 1.07 bits per heavy atom. The van der Waals surface area contributed by atoms with Gasteiger partial charge in [-0.3, -0.25) is 5.32 Å². The van der Waals surface area contributed by atoms with Gasteiger partial charge in [0, 0.05) is 5.54 Å². The summed E-state index contributed by atoms with van der Waals surface area (Å²) >= 11 is 0. The van der Waals surface area contributed by atoms with Crippen molar-refractivity contribution in [2.45, 2.75) is 57.8 Å². The SMILES string of the molecule is COC(=O)/C(=C\C12CC(NC(=O)OC(C)(C)C)(C1)C2)NC(=O)OCc1ccccc1. The third kappa shape index (κ3) is 5.11. The van der Waals surface area contributed by atoms with Gasteiger partial charge < -0.3 is 19.5 Å². The van der Waals surface area contributed by atoms with Crippen LogP contribution in [0.4, 0.5) is 9.59 Å². The van der Waals surface area contributed by atoms with E-state index in [1.165, 1.54) is 7.11 Å². The van der Waals surface area contributed by atoms with Gasteiger partial charge in [0.15, 0.2) is 0 Å². The smallest absolute Gasteiger partial charge is 0.412 e. The van der Waals surface area contributed by atoms with Crippen LogP contribution < -0.4 is 10.6 Å². The molecule has 2 N–H and O–H groups in total. The molecule has 2 bridgehead atoms. The lowest BCUT2D eigenvalue weighted by Crippen LogP contribution is -2.74. The van der Waals surface area contributed by atoms with Crippen LogP contribution in [0.25, 0.3) is 0 Å². The lowest BCUT2D eigenvalue weighted by Gasteiger charge is -2.69. The average Bonchev–Trinajstić information content (AvgIpc) is 2.61. The highest BCUT2D eigenvalue weighted by atomic mass is 16.6. The molecule has 0 unspecified atom stereocenters. The number of carbonyl (C=O) groups excluding carboxylic acids is 3. The number of carbonyl (C=O) groups is 3. The Morgan fingerprint density at radius 3 is 2.27 bits per heavy atom. The Labute approximate surface area is 175 Å². The number of esters is 1. The minimum Gasteiger partial charge on any atom is -0.464 e. The van der Waals surface area contributed by atoms with E-state index in [9.17, 15) is 14.4 Å². The van der Waals surface area contributed by atoms with Crippen molar-refractivity contribution in [3.63, 3.8) is 0 Å². The number of rotatable bonds is 6. The molecule has 8 nitrogen and oxygen atoms in total. The Bertz CT molecular complexity index is 836. The van der Waals surface area contributed by atoms with Crippen LogP contribution in [-0.4, -0.2) is 36.4 Å². The van der Waals surface area contributed by atoms with Crippen LogP contribution in [-0.2, 0) is 25.6 Å². The molecule has 0 radical (unpaired) electrons. The van der Waals surface area contributed by atoms with Gasteiger partial charge >= 0.3 is 18.2 Å². The molecule has 0 aromatic heterocycles. The molecule has 0 atom stereocenters. The maximum absolute atomic E-state index is 12.1. The van der Waals surface area contributed by atoms with Crippen LogP contribution in [0.3, 0.4) is 0 Å². The topological polar surface area (TPSA) is 103 Å². The lowest BCUT2D eigenvalue weighted by atomic mass is 9.39. The molecule has 8 heteroatoms. The molecule has 0 spiro atoms. The summed E-state index contributed by atoms with van der Waals surface area (Å²) in [4.78, 5) is 36.3. The highest BCUT2D eigenvalue weighted by Gasteiger charge is 2.68. The Kier molecular flexibility index (Phi) is 5.78. The molecule has 1 aromatic carbocycles. The van der Waals surface area contributed by atoms with Crippen molar-refractivity contribution >= 4 is 18.2 Å². The van der Waals surface area contributed by atoms with Crippen molar-refractivity contribution in [3.05, 3.63) is 47.7 Å². The monoisotopic (exact) mass is 416 g/mol. The molecule has 3 saturated carbocycles. The van der Waals surface area contributed by atoms with Crippen LogP contribution in [0.2, 0.25) is 0 Å². The Hall–Kier alpha value is -3.03. The molecular weight excluding hydrogens is 388 g/mol. The molecule has 30 heavy (non-hydrogen) atoms. The predicted octanol–water partition coefficient (Wildman–Crippen LogP) is 3.42. The molecule has 4 rings (SSSR count). The molecule has 3 aliphatic rings. The van der Waals surface area contributed by atoms with Gasteiger partial charge in [-0.2, -0.15) is 0 Å². The number of hydrogen-bond donors (Lipinski definition) is 2. The first kappa shape index (κ1) is 21.7. The number of benzene rings is 1. The highest BCUT2D eigenvalue weighted by molar-refractivity contribution is 5.92. The second kappa shape index (κ2) is 8.01. The summed E-state index contributed by atoms with van der Waals surface area (Å²) in [5.74, 6) is -0.648. The summed E-state index contributed by atoms with van der Waals surface area (Å²) in [5.41, 5.74) is -0.251. The van der Waals surface area contributed by atoms with E-state index in [1.54, 1.807) is 6.08 Å². The third-order valence-electron chi connectivity index (χ3n) is 5.14. The van der Waals surface area contributed by atoms with E-state index in [0.717, 1.165) is 5.56 Å². The number of hydrogen-bond acceptors (Lipinski definition) is 6. The first-order valence-electron chi connectivity index (χ1n) is 9.84. The average molecular weight is 416 g/mol. The first-order valence-corrected chi connectivity index (χ1v) is 9.84. The lowest BCUT2D eigenvalue weighted by molar-refractivity contribution is -0.138. The molecule has 3 fully saturated rings. The van der Waals surface area contributed by atoms with Crippen molar-refractivity contribution in [2.75, 3.05) is 7.11 Å². The number of amides is 2. The van der Waals surface area contributed by atoms with Gasteiger partial charge in [0.25, 0.3) is 0 Å². The summed E-state index contributed by atoms with van der Waals surface area (Å²) in [7, 11) is 1.25. The molecule has 0 heterocycles. The maximum atomic E-state index is 12.1. The summed E-state index contributed by atoms with van der Waals surface area (Å²) in [6, 6.07) is 9.24. The molecule has 3 aliphatic carbocycles. The van der Waals surface area contributed by atoms with Crippen molar-refractivity contribution in [3.8, 4) is 0 Å². The maximum Gasteiger partial charge on any atom is 0.412 e. The van der Waals surface area contributed by atoms with E-state index in [2.05, 4.69) is 10.6 Å². The fraction of sp³-hybridized carbons (Fsp3) is 0.500. The number of ether oxygens (including phenoxy) is 3. The van der Waals surface area contributed by atoms with E-state index in [0.29, 0.717) is 19.3 Å². The van der Waals surface area contributed by atoms with Gasteiger partial charge in [-0.1, -0.05) is 30.3 Å². The number of allylic oxidation sites excluding steroid dienone is 1. The Morgan fingerprint density at radius 2 is 1.70 bits per heavy atom. The van der Waals surface area contributed by atoms with Crippen LogP contribution >= 0.6 is 0 Å². The molecule has 0 aliphatic heterocycles. The largest absolute Gasteiger partial charge is 0.464 e. The number of methoxy groups -OCH3 is 1. The molecular formula is C22H28N2O6. The van der Waals surface area contributed by atoms with E-state index >= 15 is 0 Å². The summed E-state index contributed by atoms with van der Waals surface area (Å²) in [6.07, 6.45) is 2.53.